The molecular weight excluding hydrogens is 466 g/mol. The molecule has 3 aromatic rings. The smallest absolute Gasteiger partial charge is 0.197 e. The van der Waals surface area contributed by atoms with Gasteiger partial charge in [-0.2, -0.15) is 0 Å². The molecule has 0 aliphatic rings. The number of ketones is 1. The van der Waals surface area contributed by atoms with Crippen molar-refractivity contribution >= 4 is 60.2 Å². The number of phenolic OH excluding ortho intramolecular Hbond substituents is 1. The highest BCUT2D eigenvalue weighted by molar-refractivity contribution is 9.11. The zero-order chi connectivity index (χ0) is 17.6. The van der Waals surface area contributed by atoms with E-state index in [2.05, 4.69) is 31.9 Å². The maximum absolute atomic E-state index is 13.8. The van der Waals surface area contributed by atoms with Crippen LogP contribution in [0.1, 0.15) is 28.6 Å². The maximum Gasteiger partial charge on any atom is 0.197 e. The van der Waals surface area contributed by atoms with Gasteiger partial charge in [0.15, 0.2) is 11.4 Å². The van der Waals surface area contributed by atoms with Crippen molar-refractivity contribution < 1.29 is 18.7 Å². The lowest BCUT2D eigenvalue weighted by Crippen LogP contribution is -2.04. The van der Waals surface area contributed by atoms with Crippen LogP contribution in [0.15, 0.2) is 37.6 Å². The summed E-state index contributed by atoms with van der Waals surface area (Å²) < 4.78 is 20.2. The lowest BCUT2D eigenvalue weighted by Gasteiger charge is -2.06. The van der Waals surface area contributed by atoms with Crippen LogP contribution in [0, 0.1) is 5.82 Å². The van der Waals surface area contributed by atoms with Crippen molar-refractivity contribution in [3.63, 3.8) is 0 Å². The maximum atomic E-state index is 13.8. The first-order valence-corrected chi connectivity index (χ1v) is 8.93. The van der Waals surface area contributed by atoms with Crippen LogP contribution < -0.4 is 0 Å². The number of rotatable bonds is 3. The van der Waals surface area contributed by atoms with Gasteiger partial charge in [-0.05, 0) is 56.1 Å². The molecule has 1 N–H and O–H groups in total. The molecule has 0 aliphatic heterocycles. The van der Waals surface area contributed by atoms with E-state index in [0.717, 1.165) is 6.07 Å². The molecule has 0 saturated carbocycles. The molecule has 0 atom stereocenters. The van der Waals surface area contributed by atoms with E-state index in [9.17, 15) is 14.3 Å². The standard InChI is InChI=1S/C17H10Br2ClFO3/c1-2-13-14(9-5-8(21)6-12(20)17(9)24-13)15(22)7-3-10(18)16(23)11(19)4-7/h3-6,23H,2H2,1H3. The van der Waals surface area contributed by atoms with E-state index >= 15 is 0 Å². The first-order valence-electron chi connectivity index (χ1n) is 6.96. The van der Waals surface area contributed by atoms with Gasteiger partial charge in [0.25, 0.3) is 0 Å². The molecule has 24 heavy (non-hydrogen) atoms. The molecule has 0 bridgehead atoms. The third-order valence-corrected chi connectivity index (χ3v) is 5.10. The normalized spacial score (nSPS) is 11.2. The summed E-state index contributed by atoms with van der Waals surface area (Å²) in [6.45, 7) is 1.83. The van der Waals surface area contributed by atoms with E-state index in [1.54, 1.807) is 0 Å². The first-order chi connectivity index (χ1) is 11.3. The van der Waals surface area contributed by atoms with Crippen LogP contribution in [0.25, 0.3) is 11.0 Å². The third kappa shape index (κ3) is 2.87. The lowest BCUT2D eigenvalue weighted by molar-refractivity contribution is 0.103. The topological polar surface area (TPSA) is 50.4 Å². The van der Waals surface area contributed by atoms with Crippen LogP contribution in [-0.4, -0.2) is 10.9 Å². The number of hydrogen-bond donors (Lipinski definition) is 1. The summed E-state index contributed by atoms with van der Waals surface area (Å²) in [6.07, 6.45) is 0.453. The Labute approximate surface area is 158 Å². The fraction of sp³-hybridized carbons (Fsp3) is 0.118. The molecule has 3 nitrogen and oxygen atoms in total. The van der Waals surface area contributed by atoms with Gasteiger partial charge in [-0.3, -0.25) is 4.79 Å². The molecule has 0 radical (unpaired) electrons. The predicted molar refractivity (Wildman–Crippen MR) is 97.5 cm³/mol. The van der Waals surface area contributed by atoms with Crippen LogP contribution in [-0.2, 0) is 6.42 Å². The number of carbonyl (C=O) groups is 1. The largest absolute Gasteiger partial charge is 0.506 e. The molecule has 2 aromatic carbocycles. The number of hydrogen-bond acceptors (Lipinski definition) is 3. The molecule has 0 spiro atoms. The van der Waals surface area contributed by atoms with Gasteiger partial charge < -0.3 is 9.52 Å². The molecule has 3 rings (SSSR count). The quantitative estimate of drug-likeness (QED) is 0.455. The van der Waals surface area contributed by atoms with Crippen molar-refractivity contribution in [3.05, 3.63) is 60.9 Å². The molecule has 1 heterocycles. The minimum atomic E-state index is -0.543. The van der Waals surface area contributed by atoms with Gasteiger partial charge in [-0.1, -0.05) is 18.5 Å². The Morgan fingerprint density at radius 2 is 1.88 bits per heavy atom. The van der Waals surface area contributed by atoms with Crippen LogP contribution in [0.3, 0.4) is 0 Å². The average Bonchev–Trinajstić information content (AvgIpc) is 2.90. The van der Waals surface area contributed by atoms with Crippen LogP contribution in [0.4, 0.5) is 4.39 Å². The van der Waals surface area contributed by atoms with Crippen molar-refractivity contribution in [1.29, 1.82) is 0 Å². The van der Waals surface area contributed by atoms with Gasteiger partial charge in [0.2, 0.25) is 0 Å². The highest BCUT2D eigenvalue weighted by Crippen LogP contribution is 2.37. The van der Waals surface area contributed by atoms with Gasteiger partial charge in [0.1, 0.15) is 17.3 Å². The van der Waals surface area contributed by atoms with E-state index in [1.165, 1.54) is 18.2 Å². The Bertz CT molecular complexity index is 959. The SMILES string of the molecule is CCc1oc2c(Cl)cc(F)cc2c1C(=O)c1cc(Br)c(O)c(Br)c1. The van der Waals surface area contributed by atoms with Crippen molar-refractivity contribution in [2.75, 3.05) is 0 Å². The fourth-order valence-electron chi connectivity index (χ4n) is 2.51. The van der Waals surface area contributed by atoms with E-state index in [1.807, 2.05) is 6.92 Å². The first kappa shape index (κ1) is 17.5. The minimum Gasteiger partial charge on any atom is -0.506 e. The van der Waals surface area contributed by atoms with E-state index in [4.69, 9.17) is 16.0 Å². The second kappa shape index (κ2) is 6.50. The summed E-state index contributed by atoms with van der Waals surface area (Å²) >= 11 is 12.4. The van der Waals surface area contributed by atoms with Crippen molar-refractivity contribution in [3.8, 4) is 5.75 Å². The number of halogens is 4. The van der Waals surface area contributed by atoms with Gasteiger partial charge >= 0.3 is 0 Å². The Balaban J connectivity index is 2.27. The summed E-state index contributed by atoms with van der Waals surface area (Å²) in [7, 11) is 0. The summed E-state index contributed by atoms with van der Waals surface area (Å²) in [6, 6.07) is 5.39. The molecule has 0 unspecified atom stereocenters. The molecule has 0 fully saturated rings. The fourth-order valence-corrected chi connectivity index (χ4v) is 3.94. The number of benzene rings is 2. The van der Waals surface area contributed by atoms with Crippen molar-refractivity contribution in [2.24, 2.45) is 0 Å². The second-order valence-electron chi connectivity index (χ2n) is 5.14. The Morgan fingerprint density at radius 3 is 2.46 bits per heavy atom. The molecule has 1 aromatic heterocycles. The number of fused-ring (bicyclic) bond motifs is 1. The summed E-state index contributed by atoms with van der Waals surface area (Å²) in [5.41, 5.74) is 0.887. The zero-order valence-electron chi connectivity index (χ0n) is 12.3. The predicted octanol–water partition coefficient (Wildman–Crippen LogP) is 6.25. The van der Waals surface area contributed by atoms with Gasteiger partial charge in [0, 0.05) is 17.4 Å². The van der Waals surface area contributed by atoms with Gasteiger partial charge in [-0.25, -0.2) is 4.39 Å². The summed E-state index contributed by atoms with van der Waals surface area (Å²) in [5, 5.41) is 10.3. The Hall–Kier alpha value is -1.37. The van der Waals surface area contributed by atoms with E-state index < -0.39 is 5.82 Å². The zero-order valence-corrected chi connectivity index (χ0v) is 16.2. The van der Waals surface area contributed by atoms with Gasteiger partial charge in [0.05, 0.1) is 19.5 Å². The molecule has 0 amide bonds. The average molecular weight is 477 g/mol. The van der Waals surface area contributed by atoms with Crippen molar-refractivity contribution in [1.82, 2.24) is 0 Å². The highest BCUT2D eigenvalue weighted by atomic mass is 79.9. The van der Waals surface area contributed by atoms with Crippen LogP contribution in [0.2, 0.25) is 5.02 Å². The highest BCUT2D eigenvalue weighted by Gasteiger charge is 2.24. The summed E-state index contributed by atoms with van der Waals surface area (Å²) in [5.74, 6) is -0.456. The number of furan rings is 1. The van der Waals surface area contributed by atoms with Crippen LogP contribution >= 0.6 is 43.5 Å². The Kier molecular flexibility index (Phi) is 4.73. The Morgan fingerprint density at radius 1 is 1.25 bits per heavy atom. The molecule has 124 valence electrons. The monoisotopic (exact) mass is 474 g/mol. The molecule has 0 saturated heterocycles. The molecule has 0 aliphatic carbocycles. The molecular formula is C17H10Br2ClFO3. The third-order valence-electron chi connectivity index (χ3n) is 3.61. The van der Waals surface area contributed by atoms with E-state index in [0.29, 0.717) is 32.1 Å². The van der Waals surface area contributed by atoms with Crippen molar-refractivity contribution in [2.45, 2.75) is 13.3 Å². The minimum absolute atomic E-state index is 0.00611. The lowest BCUT2D eigenvalue weighted by atomic mass is 9.99. The van der Waals surface area contributed by atoms with Crippen LogP contribution in [0.5, 0.6) is 5.75 Å². The number of aromatic hydroxyl groups is 1. The number of carbonyl (C=O) groups excluding carboxylic acids is 1. The van der Waals surface area contributed by atoms with E-state index in [-0.39, 0.29) is 27.7 Å². The second-order valence-corrected chi connectivity index (χ2v) is 7.25. The number of phenols is 1. The summed E-state index contributed by atoms with van der Waals surface area (Å²) in [4.78, 5) is 13.0. The molecule has 7 heteroatoms. The van der Waals surface area contributed by atoms with Gasteiger partial charge in [-0.15, -0.1) is 0 Å². The number of aryl methyl sites for hydroxylation is 1.